The van der Waals surface area contributed by atoms with Crippen molar-refractivity contribution in [1.29, 1.82) is 0 Å². The molecule has 0 unspecified atom stereocenters. The highest BCUT2D eigenvalue weighted by Crippen LogP contribution is 2.20. The average molecular weight is 288 g/mol. The van der Waals surface area contributed by atoms with E-state index in [0.717, 1.165) is 22.6 Å². The second-order valence-electron chi connectivity index (χ2n) is 5.53. The van der Waals surface area contributed by atoms with Crippen LogP contribution in [0.5, 0.6) is 0 Å². The van der Waals surface area contributed by atoms with Crippen LogP contribution in [0.3, 0.4) is 0 Å². The number of halogens is 1. The fourth-order valence-corrected chi connectivity index (χ4v) is 2.70. The van der Waals surface area contributed by atoms with Gasteiger partial charge in [0.25, 0.3) is 0 Å². The van der Waals surface area contributed by atoms with E-state index in [2.05, 4.69) is 23.7 Å². The quantitative estimate of drug-likeness (QED) is 0.840. The molecule has 4 heteroatoms. The summed E-state index contributed by atoms with van der Waals surface area (Å²) in [4.78, 5) is 12.3. The predicted octanol–water partition coefficient (Wildman–Crippen LogP) is 4.12. The maximum Gasteiger partial charge on any atom is 0.183 e. The zero-order valence-corrected chi connectivity index (χ0v) is 12.9. The minimum absolute atomic E-state index is 0.0410. The summed E-state index contributed by atoms with van der Waals surface area (Å²) in [7, 11) is 0. The van der Waals surface area contributed by atoms with Crippen molar-refractivity contribution in [1.82, 2.24) is 4.57 Å². The van der Waals surface area contributed by atoms with Crippen molar-refractivity contribution in [2.75, 3.05) is 11.9 Å². The van der Waals surface area contributed by atoms with Crippen molar-refractivity contribution < 1.29 is 9.18 Å². The number of nitrogens with zero attached hydrogens (tertiary/aromatic N) is 1. The third-order valence-corrected chi connectivity index (χ3v) is 3.60. The molecule has 2 rings (SSSR count). The Bertz CT molecular complexity index is 642. The van der Waals surface area contributed by atoms with E-state index in [4.69, 9.17) is 0 Å². The van der Waals surface area contributed by atoms with Gasteiger partial charge in [0.15, 0.2) is 5.78 Å². The monoisotopic (exact) mass is 288 g/mol. The van der Waals surface area contributed by atoms with Gasteiger partial charge in [-0.3, -0.25) is 4.79 Å². The third-order valence-electron chi connectivity index (χ3n) is 3.60. The molecule has 0 atom stereocenters. The fraction of sp³-hybridized carbons (Fsp3) is 0.353. The first-order valence-corrected chi connectivity index (χ1v) is 7.11. The molecule has 0 saturated carbocycles. The lowest BCUT2D eigenvalue weighted by molar-refractivity contribution is 0.101. The van der Waals surface area contributed by atoms with Crippen LogP contribution in [-0.2, 0) is 0 Å². The van der Waals surface area contributed by atoms with Crippen molar-refractivity contribution in [3.63, 3.8) is 0 Å². The van der Waals surface area contributed by atoms with Gasteiger partial charge in [0, 0.05) is 28.7 Å². The smallest absolute Gasteiger partial charge is 0.183 e. The molecule has 0 amide bonds. The summed E-state index contributed by atoms with van der Waals surface area (Å²) in [6.45, 7) is 8.39. The van der Waals surface area contributed by atoms with Gasteiger partial charge in [-0.2, -0.15) is 0 Å². The molecule has 1 heterocycles. The molecule has 1 N–H and O–H groups in total. The van der Waals surface area contributed by atoms with Crippen LogP contribution < -0.4 is 5.32 Å². The number of carbonyl (C=O) groups is 1. The predicted molar refractivity (Wildman–Crippen MR) is 83.5 cm³/mol. The Morgan fingerprint density at radius 2 is 1.86 bits per heavy atom. The van der Waals surface area contributed by atoms with Crippen LogP contribution in [0, 0.1) is 19.7 Å². The first-order chi connectivity index (χ1) is 9.90. The number of nitrogens with one attached hydrogen (secondary N) is 1. The Morgan fingerprint density at radius 3 is 2.38 bits per heavy atom. The summed E-state index contributed by atoms with van der Waals surface area (Å²) >= 11 is 0. The first kappa shape index (κ1) is 15.3. The number of ketones is 1. The molecule has 0 radical (unpaired) electrons. The Morgan fingerprint density at radius 1 is 1.24 bits per heavy atom. The van der Waals surface area contributed by atoms with E-state index in [1.165, 1.54) is 12.1 Å². The molecule has 0 fully saturated rings. The highest BCUT2D eigenvalue weighted by atomic mass is 19.1. The number of aromatic nitrogens is 1. The number of anilines is 1. The molecule has 0 aliphatic carbocycles. The number of carbonyl (C=O) groups excluding carboxylic acids is 1. The molecule has 0 aliphatic heterocycles. The van der Waals surface area contributed by atoms with Gasteiger partial charge in [0.2, 0.25) is 0 Å². The van der Waals surface area contributed by atoms with Crippen molar-refractivity contribution in [3.8, 4) is 0 Å². The van der Waals surface area contributed by atoms with Gasteiger partial charge >= 0.3 is 0 Å². The average Bonchev–Trinajstić information content (AvgIpc) is 2.73. The number of hydrogen-bond acceptors (Lipinski definition) is 2. The zero-order chi connectivity index (χ0) is 15.6. The fourth-order valence-electron chi connectivity index (χ4n) is 2.70. The van der Waals surface area contributed by atoms with Crippen LogP contribution in [0.4, 0.5) is 10.1 Å². The molecule has 2 aromatic rings. The summed E-state index contributed by atoms with van der Waals surface area (Å²) in [5, 5.41) is 3.03. The number of aryl methyl sites for hydroxylation is 1. The van der Waals surface area contributed by atoms with Crippen LogP contribution >= 0.6 is 0 Å². The highest BCUT2D eigenvalue weighted by Gasteiger charge is 2.16. The highest BCUT2D eigenvalue weighted by molar-refractivity contribution is 6.00. The maximum atomic E-state index is 12.8. The molecular weight excluding hydrogens is 267 g/mol. The molecule has 0 spiro atoms. The van der Waals surface area contributed by atoms with Gasteiger partial charge in [-0.15, -0.1) is 0 Å². The van der Waals surface area contributed by atoms with Gasteiger partial charge in [0.1, 0.15) is 5.82 Å². The number of hydrogen-bond donors (Lipinski definition) is 1. The third kappa shape index (κ3) is 3.32. The summed E-state index contributed by atoms with van der Waals surface area (Å²) in [5.41, 5.74) is 3.57. The van der Waals surface area contributed by atoms with Gasteiger partial charge in [-0.1, -0.05) is 0 Å². The number of Topliss-reactive ketones (excluding diaryl/α,β-unsaturated/α-hetero) is 1. The molecular formula is C17H21FN2O. The van der Waals surface area contributed by atoms with Crippen LogP contribution in [0.2, 0.25) is 0 Å². The minimum atomic E-state index is -0.285. The van der Waals surface area contributed by atoms with E-state index in [1.807, 2.05) is 19.9 Å². The van der Waals surface area contributed by atoms with Gasteiger partial charge in [-0.05, 0) is 58.0 Å². The van der Waals surface area contributed by atoms with E-state index >= 15 is 0 Å². The first-order valence-electron chi connectivity index (χ1n) is 7.11. The van der Waals surface area contributed by atoms with E-state index in [-0.39, 0.29) is 18.1 Å². The zero-order valence-electron chi connectivity index (χ0n) is 12.9. The Kier molecular flexibility index (Phi) is 4.46. The summed E-state index contributed by atoms with van der Waals surface area (Å²) in [5.74, 6) is -0.244. The van der Waals surface area contributed by atoms with Crippen molar-refractivity contribution in [2.45, 2.75) is 33.7 Å². The SMILES string of the molecule is Cc1cc(C(=O)CNc2ccc(F)cc2)c(C)n1C(C)C. The van der Waals surface area contributed by atoms with Crippen LogP contribution in [-0.4, -0.2) is 16.9 Å². The van der Waals surface area contributed by atoms with Gasteiger partial charge in [0.05, 0.1) is 6.54 Å². The molecule has 0 bridgehead atoms. The molecule has 1 aromatic heterocycles. The van der Waals surface area contributed by atoms with E-state index in [1.54, 1.807) is 12.1 Å². The summed E-state index contributed by atoms with van der Waals surface area (Å²) in [6.07, 6.45) is 0. The minimum Gasteiger partial charge on any atom is -0.378 e. The summed E-state index contributed by atoms with van der Waals surface area (Å²) in [6, 6.07) is 8.26. The lowest BCUT2D eigenvalue weighted by atomic mass is 10.1. The Balaban J connectivity index is 2.10. The van der Waals surface area contributed by atoms with Crippen LogP contribution in [0.25, 0.3) is 0 Å². The number of benzene rings is 1. The van der Waals surface area contributed by atoms with Crippen molar-refractivity contribution >= 4 is 11.5 Å². The molecule has 112 valence electrons. The second kappa shape index (κ2) is 6.12. The molecule has 21 heavy (non-hydrogen) atoms. The lowest BCUT2D eigenvalue weighted by Gasteiger charge is -2.13. The molecule has 0 saturated heterocycles. The second-order valence-corrected chi connectivity index (χ2v) is 5.53. The largest absolute Gasteiger partial charge is 0.378 e. The Labute approximate surface area is 124 Å². The molecule has 3 nitrogen and oxygen atoms in total. The van der Waals surface area contributed by atoms with Crippen LogP contribution in [0.1, 0.15) is 41.6 Å². The van der Waals surface area contributed by atoms with Crippen LogP contribution in [0.15, 0.2) is 30.3 Å². The van der Waals surface area contributed by atoms with Crippen molar-refractivity contribution in [2.24, 2.45) is 0 Å². The van der Waals surface area contributed by atoms with E-state index < -0.39 is 0 Å². The van der Waals surface area contributed by atoms with E-state index in [9.17, 15) is 9.18 Å². The standard InChI is InChI=1S/C17H21FN2O/c1-11(2)20-12(3)9-16(13(20)4)17(21)10-19-15-7-5-14(18)6-8-15/h5-9,11,19H,10H2,1-4H3. The van der Waals surface area contributed by atoms with Crippen molar-refractivity contribution in [3.05, 3.63) is 53.1 Å². The van der Waals surface area contributed by atoms with Gasteiger partial charge < -0.3 is 9.88 Å². The molecule has 0 aliphatic rings. The van der Waals surface area contributed by atoms with E-state index in [0.29, 0.717) is 6.04 Å². The molecule has 1 aromatic carbocycles. The Hall–Kier alpha value is -2.10. The lowest BCUT2D eigenvalue weighted by Crippen LogP contribution is -2.15. The van der Waals surface area contributed by atoms with Gasteiger partial charge in [-0.25, -0.2) is 4.39 Å². The summed E-state index contributed by atoms with van der Waals surface area (Å²) < 4.78 is 15.0. The normalized spacial score (nSPS) is 11.0. The maximum absolute atomic E-state index is 12.8. The topological polar surface area (TPSA) is 34.0 Å². The number of rotatable bonds is 5.